The number of hydrogen-bond donors (Lipinski definition) is 2. The Hall–Kier alpha value is -1.10. The Labute approximate surface area is 108 Å². The first-order valence-electron chi connectivity index (χ1n) is 6.87. The van der Waals surface area contributed by atoms with Gasteiger partial charge in [-0.05, 0) is 26.2 Å². The first kappa shape index (κ1) is 13.3. The molecule has 1 saturated carbocycles. The molecular formula is C13H22N2O3. The molecule has 2 fully saturated rings. The summed E-state index contributed by atoms with van der Waals surface area (Å²) in [4.78, 5) is 25.7. The van der Waals surface area contributed by atoms with Crippen molar-refractivity contribution in [2.24, 2.45) is 0 Å². The zero-order chi connectivity index (χ0) is 13.2. The molecule has 1 spiro atoms. The molecule has 5 nitrogen and oxygen atoms in total. The van der Waals surface area contributed by atoms with Crippen molar-refractivity contribution >= 4 is 11.9 Å². The maximum Gasteiger partial charge on any atom is 0.325 e. The third-order valence-corrected chi connectivity index (χ3v) is 4.11. The molecule has 0 bridgehead atoms. The minimum atomic E-state index is -0.636. The number of aliphatic hydroxyl groups is 1. The number of amides is 3. The van der Waals surface area contributed by atoms with Gasteiger partial charge in [0.2, 0.25) is 0 Å². The number of aliphatic hydroxyl groups excluding tert-OH is 1. The Bertz CT molecular complexity index is 333. The molecule has 1 heterocycles. The fourth-order valence-corrected chi connectivity index (χ4v) is 3.04. The minimum Gasteiger partial charge on any atom is -0.393 e. The smallest absolute Gasteiger partial charge is 0.325 e. The van der Waals surface area contributed by atoms with Crippen LogP contribution >= 0.6 is 0 Å². The van der Waals surface area contributed by atoms with Gasteiger partial charge in [0.1, 0.15) is 5.54 Å². The summed E-state index contributed by atoms with van der Waals surface area (Å²) >= 11 is 0. The third-order valence-electron chi connectivity index (χ3n) is 4.11. The Morgan fingerprint density at radius 1 is 1.28 bits per heavy atom. The first-order valence-corrected chi connectivity index (χ1v) is 6.87. The first-order chi connectivity index (χ1) is 8.56. The van der Waals surface area contributed by atoms with Crippen LogP contribution in [0.25, 0.3) is 0 Å². The van der Waals surface area contributed by atoms with E-state index < -0.39 is 11.6 Å². The summed E-state index contributed by atoms with van der Waals surface area (Å²) in [5.74, 6) is -0.139. The van der Waals surface area contributed by atoms with Crippen LogP contribution in [-0.4, -0.2) is 40.1 Å². The van der Waals surface area contributed by atoms with Gasteiger partial charge in [-0.3, -0.25) is 10.1 Å². The number of urea groups is 1. The van der Waals surface area contributed by atoms with E-state index in [2.05, 4.69) is 5.32 Å². The van der Waals surface area contributed by atoms with E-state index in [-0.39, 0.29) is 11.9 Å². The highest BCUT2D eigenvalue weighted by atomic mass is 16.3. The lowest BCUT2D eigenvalue weighted by Crippen LogP contribution is -2.50. The van der Waals surface area contributed by atoms with Crippen LogP contribution in [0.2, 0.25) is 0 Å². The molecule has 0 aromatic heterocycles. The molecule has 1 saturated heterocycles. The van der Waals surface area contributed by atoms with Crippen molar-refractivity contribution in [2.45, 2.75) is 63.5 Å². The molecule has 3 amide bonds. The van der Waals surface area contributed by atoms with Gasteiger partial charge in [0.15, 0.2) is 0 Å². The van der Waals surface area contributed by atoms with Crippen molar-refractivity contribution in [1.29, 1.82) is 0 Å². The van der Waals surface area contributed by atoms with Gasteiger partial charge < -0.3 is 10.0 Å². The highest BCUT2D eigenvalue weighted by molar-refractivity contribution is 6.07. The van der Waals surface area contributed by atoms with E-state index >= 15 is 0 Å². The minimum absolute atomic E-state index is 0.139. The van der Waals surface area contributed by atoms with Crippen LogP contribution in [0.5, 0.6) is 0 Å². The largest absolute Gasteiger partial charge is 0.393 e. The predicted octanol–water partition coefficient (Wildman–Crippen LogP) is 1.40. The van der Waals surface area contributed by atoms with Crippen LogP contribution in [0.15, 0.2) is 0 Å². The standard InChI is InChI=1S/C13H22N2O3/c1-10(16)6-9-15-12(18)14-11(17)13(15)7-4-2-3-5-8-13/h10,16H,2-9H2,1H3,(H,14,17,18). The lowest BCUT2D eigenvalue weighted by atomic mass is 9.88. The van der Waals surface area contributed by atoms with E-state index in [1.165, 1.54) is 0 Å². The Kier molecular flexibility index (Phi) is 3.90. The fraction of sp³-hybridized carbons (Fsp3) is 0.846. The molecule has 2 rings (SSSR count). The quantitative estimate of drug-likeness (QED) is 0.748. The second-order valence-electron chi connectivity index (χ2n) is 5.49. The van der Waals surface area contributed by atoms with Crippen molar-refractivity contribution in [2.75, 3.05) is 6.54 Å². The molecular weight excluding hydrogens is 232 g/mol. The van der Waals surface area contributed by atoms with Gasteiger partial charge in [-0.2, -0.15) is 0 Å². The fourth-order valence-electron chi connectivity index (χ4n) is 3.04. The van der Waals surface area contributed by atoms with Crippen molar-refractivity contribution in [3.8, 4) is 0 Å². The number of carbonyl (C=O) groups is 2. The van der Waals surface area contributed by atoms with Crippen LogP contribution in [0.3, 0.4) is 0 Å². The van der Waals surface area contributed by atoms with Crippen molar-refractivity contribution < 1.29 is 14.7 Å². The van der Waals surface area contributed by atoms with E-state index in [4.69, 9.17) is 0 Å². The van der Waals surface area contributed by atoms with Gasteiger partial charge in [-0.1, -0.05) is 25.7 Å². The van der Waals surface area contributed by atoms with Gasteiger partial charge in [-0.25, -0.2) is 4.79 Å². The summed E-state index contributed by atoms with van der Waals surface area (Å²) < 4.78 is 0. The Morgan fingerprint density at radius 2 is 1.89 bits per heavy atom. The van der Waals surface area contributed by atoms with Crippen molar-refractivity contribution in [1.82, 2.24) is 10.2 Å². The summed E-state index contributed by atoms with van der Waals surface area (Å²) in [6.45, 7) is 2.16. The van der Waals surface area contributed by atoms with Gasteiger partial charge in [-0.15, -0.1) is 0 Å². The Balaban J connectivity index is 2.17. The molecule has 1 atom stereocenters. The second-order valence-corrected chi connectivity index (χ2v) is 5.49. The lowest BCUT2D eigenvalue weighted by molar-refractivity contribution is -0.127. The van der Waals surface area contributed by atoms with E-state index in [9.17, 15) is 14.7 Å². The average molecular weight is 254 g/mol. The average Bonchev–Trinajstić information content (AvgIpc) is 2.49. The van der Waals surface area contributed by atoms with Gasteiger partial charge in [0, 0.05) is 6.54 Å². The molecule has 1 aliphatic heterocycles. The zero-order valence-electron chi connectivity index (χ0n) is 10.9. The van der Waals surface area contributed by atoms with Gasteiger partial charge >= 0.3 is 6.03 Å². The second kappa shape index (κ2) is 5.26. The van der Waals surface area contributed by atoms with Crippen LogP contribution in [0.1, 0.15) is 51.9 Å². The number of imide groups is 1. The van der Waals surface area contributed by atoms with Crippen LogP contribution in [-0.2, 0) is 4.79 Å². The summed E-state index contributed by atoms with van der Waals surface area (Å²) in [6, 6.07) is -0.289. The van der Waals surface area contributed by atoms with Crippen LogP contribution < -0.4 is 5.32 Å². The van der Waals surface area contributed by atoms with Crippen LogP contribution in [0.4, 0.5) is 4.79 Å². The number of carbonyl (C=O) groups excluding carboxylic acids is 2. The summed E-state index contributed by atoms with van der Waals surface area (Å²) in [6.07, 6.45) is 5.83. The normalized spacial score (nSPS) is 25.1. The lowest BCUT2D eigenvalue weighted by Gasteiger charge is -2.34. The van der Waals surface area contributed by atoms with E-state index in [0.29, 0.717) is 13.0 Å². The number of hydrogen-bond acceptors (Lipinski definition) is 3. The molecule has 1 aliphatic carbocycles. The molecule has 18 heavy (non-hydrogen) atoms. The summed E-state index contributed by atoms with van der Waals surface area (Å²) in [7, 11) is 0. The maximum atomic E-state index is 12.1. The monoisotopic (exact) mass is 254 g/mol. The molecule has 2 N–H and O–H groups in total. The molecule has 0 aromatic carbocycles. The number of nitrogens with zero attached hydrogens (tertiary/aromatic N) is 1. The highest BCUT2D eigenvalue weighted by Gasteiger charge is 2.51. The summed E-state index contributed by atoms with van der Waals surface area (Å²) in [5, 5.41) is 11.8. The topological polar surface area (TPSA) is 69.6 Å². The molecule has 0 aromatic rings. The third kappa shape index (κ3) is 2.36. The van der Waals surface area contributed by atoms with Crippen molar-refractivity contribution in [3.63, 3.8) is 0 Å². The van der Waals surface area contributed by atoms with Crippen LogP contribution in [0, 0.1) is 0 Å². The summed E-state index contributed by atoms with van der Waals surface area (Å²) in [5.41, 5.74) is -0.636. The molecule has 0 radical (unpaired) electrons. The van der Waals surface area contributed by atoms with E-state index in [1.54, 1.807) is 11.8 Å². The van der Waals surface area contributed by atoms with E-state index in [0.717, 1.165) is 38.5 Å². The SMILES string of the molecule is CC(O)CCN1C(=O)NC(=O)C12CCCCCC2. The molecule has 5 heteroatoms. The van der Waals surface area contributed by atoms with Crippen molar-refractivity contribution in [3.05, 3.63) is 0 Å². The molecule has 102 valence electrons. The number of nitrogens with one attached hydrogen (secondary N) is 1. The zero-order valence-corrected chi connectivity index (χ0v) is 10.9. The van der Waals surface area contributed by atoms with E-state index in [1.807, 2.05) is 0 Å². The predicted molar refractivity (Wildman–Crippen MR) is 67.0 cm³/mol. The molecule has 2 aliphatic rings. The number of rotatable bonds is 3. The Morgan fingerprint density at radius 3 is 2.44 bits per heavy atom. The van der Waals surface area contributed by atoms with Gasteiger partial charge in [0.05, 0.1) is 6.10 Å². The molecule has 1 unspecified atom stereocenters. The highest BCUT2D eigenvalue weighted by Crippen LogP contribution is 2.36. The maximum absolute atomic E-state index is 12.1. The van der Waals surface area contributed by atoms with Gasteiger partial charge in [0.25, 0.3) is 5.91 Å².